The minimum atomic E-state index is -4.41. The third-order valence-electron chi connectivity index (χ3n) is 1.51. The average molecular weight is 205 g/mol. The maximum Gasteiger partial charge on any atom is 0.433 e. The molecule has 0 aromatic carbocycles. The molecule has 1 rings (SSSR count). The van der Waals surface area contributed by atoms with E-state index in [1.54, 1.807) is 0 Å². The Morgan fingerprint density at radius 2 is 2.07 bits per heavy atom. The largest absolute Gasteiger partial charge is 0.433 e. The van der Waals surface area contributed by atoms with Crippen molar-refractivity contribution < 1.29 is 13.2 Å². The maximum absolute atomic E-state index is 12.2. The molecule has 0 amide bonds. The molecular weight excluding hydrogens is 195 g/mol. The van der Waals surface area contributed by atoms with E-state index in [9.17, 15) is 13.2 Å². The lowest BCUT2D eigenvalue weighted by atomic mass is 10.3. The van der Waals surface area contributed by atoms with Crippen LogP contribution < -0.4 is 5.32 Å². The summed E-state index contributed by atoms with van der Waals surface area (Å²) in [5.41, 5.74) is -0.925. The van der Waals surface area contributed by atoms with Gasteiger partial charge < -0.3 is 5.32 Å². The third kappa shape index (κ3) is 2.86. The van der Waals surface area contributed by atoms with Gasteiger partial charge in [-0.2, -0.15) is 13.2 Å². The van der Waals surface area contributed by atoms with Crippen molar-refractivity contribution in [3.8, 4) is 0 Å². The second-order valence-corrected chi connectivity index (χ2v) is 2.71. The Hall–Kier alpha value is -1.33. The average Bonchev–Trinajstić information content (AvgIpc) is 2.14. The van der Waals surface area contributed by atoms with Gasteiger partial charge in [-0.05, 0) is 6.42 Å². The summed E-state index contributed by atoms with van der Waals surface area (Å²) in [6.45, 7) is 2.51. The number of hydrogen-bond acceptors (Lipinski definition) is 3. The van der Waals surface area contributed by atoms with Crippen molar-refractivity contribution in [1.82, 2.24) is 9.97 Å². The Kier molecular flexibility index (Phi) is 3.27. The van der Waals surface area contributed by atoms with Crippen LogP contribution in [0.2, 0.25) is 0 Å². The highest BCUT2D eigenvalue weighted by molar-refractivity contribution is 5.35. The fourth-order valence-corrected chi connectivity index (χ4v) is 0.862. The molecule has 0 aliphatic carbocycles. The smallest absolute Gasteiger partial charge is 0.370 e. The van der Waals surface area contributed by atoms with Crippen LogP contribution in [0.15, 0.2) is 12.4 Å². The minimum absolute atomic E-state index is 0.203. The molecule has 0 saturated carbocycles. The Bertz CT molecular complexity index is 298. The number of alkyl halides is 3. The van der Waals surface area contributed by atoms with Gasteiger partial charge in [0.15, 0.2) is 0 Å². The number of halogens is 3. The standard InChI is InChI=1S/C8H10F3N3/c1-2-3-12-7-4-6(8(9,10)11)13-5-14-7/h4-5H,2-3H2,1H3,(H,12,13,14). The van der Waals surface area contributed by atoms with E-state index in [4.69, 9.17) is 0 Å². The van der Waals surface area contributed by atoms with Crippen molar-refractivity contribution >= 4 is 5.82 Å². The molecule has 6 heteroatoms. The van der Waals surface area contributed by atoms with Gasteiger partial charge in [0.25, 0.3) is 0 Å². The molecule has 0 saturated heterocycles. The van der Waals surface area contributed by atoms with E-state index >= 15 is 0 Å². The Morgan fingerprint density at radius 3 is 2.64 bits per heavy atom. The second kappa shape index (κ2) is 4.26. The Morgan fingerprint density at radius 1 is 1.36 bits per heavy atom. The molecule has 0 spiro atoms. The molecule has 1 heterocycles. The van der Waals surface area contributed by atoms with Gasteiger partial charge in [0.1, 0.15) is 17.8 Å². The van der Waals surface area contributed by atoms with E-state index in [-0.39, 0.29) is 5.82 Å². The van der Waals surface area contributed by atoms with Crippen LogP contribution >= 0.6 is 0 Å². The molecule has 3 nitrogen and oxygen atoms in total. The zero-order valence-corrected chi connectivity index (χ0v) is 7.60. The van der Waals surface area contributed by atoms with Crippen molar-refractivity contribution in [2.45, 2.75) is 19.5 Å². The fraction of sp³-hybridized carbons (Fsp3) is 0.500. The van der Waals surface area contributed by atoms with Gasteiger partial charge in [-0.15, -0.1) is 0 Å². The summed E-state index contributed by atoms with van der Waals surface area (Å²) >= 11 is 0. The second-order valence-electron chi connectivity index (χ2n) is 2.71. The Balaban J connectivity index is 2.79. The molecular formula is C8H10F3N3. The zero-order valence-electron chi connectivity index (χ0n) is 7.60. The summed E-state index contributed by atoms with van der Waals surface area (Å²) < 4.78 is 36.5. The number of anilines is 1. The van der Waals surface area contributed by atoms with Crippen LogP contribution in [0.1, 0.15) is 19.0 Å². The van der Waals surface area contributed by atoms with Crippen molar-refractivity contribution in [3.05, 3.63) is 18.1 Å². The maximum atomic E-state index is 12.2. The monoisotopic (exact) mass is 205 g/mol. The first-order chi connectivity index (χ1) is 6.54. The molecule has 78 valence electrons. The molecule has 0 aliphatic heterocycles. The van der Waals surface area contributed by atoms with Gasteiger partial charge in [-0.3, -0.25) is 0 Å². The summed E-state index contributed by atoms with van der Waals surface area (Å²) in [6.07, 6.45) is -2.68. The summed E-state index contributed by atoms with van der Waals surface area (Å²) in [4.78, 5) is 6.81. The van der Waals surface area contributed by atoms with E-state index in [0.29, 0.717) is 6.54 Å². The van der Waals surface area contributed by atoms with Gasteiger partial charge in [-0.1, -0.05) is 6.92 Å². The topological polar surface area (TPSA) is 37.8 Å². The number of rotatable bonds is 3. The third-order valence-corrected chi connectivity index (χ3v) is 1.51. The molecule has 0 unspecified atom stereocenters. The van der Waals surface area contributed by atoms with E-state index in [0.717, 1.165) is 18.8 Å². The minimum Gasteiger partial charge on any atom is -0.370 e. The van der Waals surface area contributed by atoms with E-state index in [2.05, 4.69) is 15.3 Å². The number of nitrogens with zero attached hydrogens (tertiary/aromatic N) is 2. The molecule has 1 aromatic rings. The van der Waals surface area contributed by atoms with Crippen LogP contribution in [0.25, 0.3) is 0 Å². The Labute approximate surface area is 79.4 Å². The summed E-state index contributed by atoms with van der Waals surface area (Å²) in [5, 5.41) is 2.76. The van der Waals surface area contributed by atoms with Crippen LogP contribution in [-0.2, 0) is 6.18 Å². The lowest BCUT2D eigenvalue weighted by Crippen LogP contribution is -2.10. The molecule has 0 bridgehead atoms. The first-order valence-electron chi connectivity index (χ1n) is 4.17. The van der Waals surface area contributed by atoms with Crippen molar-refractivity contribution in [2.75, 3.05) is 11.9 Å². The summed E-state index contributed by atoms with van der Waals surface area (Å²) in [6, 6.07) is 0.898. The molecule has 0 radical (unpaired) electrons. The molecule has 14 heavy (non-hydrogen) atoms. The number of hydrogen-bond donors (Lipinski definition) is 1. The fourth-order valence-electron chi connectivity index (χ4n) is 0.862. The summed E-state index contributed by atoms with van der Waals surface area (Å²) in [5.74, 6) is 0.203. The van der Waals surface area contributed by atoms with Crippen LogP contribution in [-0.4, -0.2) is 16.5 Å². The van der Waals surface area contributed by atoms with Gasteiger partial charge in [0.2, 0.25) is 0 Å². The highest BCUT2D eigenvalue weighted by Crippen LogP contribution is 2.27. The SMILES string of the molecule is CCCNc1cc(C(F)(F)F)ncn1. The van der Waals surface area contributed by atoms with Crippen molar-refractivity contribution in [2.24, 2.45) is 0 Å². The normalized spacial score (nSPS) is 11.4. The highest BCUT2D eigenvalue weighted by Gasteiger charge is 2.32. The molecule has 1 aromatic heterocycles. The van der Waals surface area contributed by atoms with Gasteiger partial charge >= 0.3 is 6.18 Å². The summed E-state index contributed by atoms with van der Waals surface area (Å²) in [7, 11) is 0. The van der Waals surface area contributed by atoms with Gasteiger partial charge in [0, 0.05) is 12.6 Å². The van der Waals surface area contributed by atoms with Crippen LogP contribution in [0.4, 0.5) is 19.0 Å². The quantitative estimate of drug-likeness (QED) is 0.822. The van der Waals surface area contributed by atoms with Crippen molar-refractivity contribution in [1.29, 1.82) is 0 Å². The highest BCUT2D eigenvalue weighted by atomic mass is 19.4. The van der Waals surface area contributed by atoms with Crippen LogP contribution in [0.5, 0.6) is 0 Å². The molecule has 1 N–H and O–H groups in total. The first kappa shape index (κ1) is 10.7. The van der Waals surface area contributed by atoms with Crippen LogP contribution in [0.3, 0.4) is 0 Å². The lowest BCUT2D eigenvalue weighted by molar-refractivity contribution is -0.141. The predicted molar refractivity (Wildman–Crippen MR) is 45.8 cm³/mol. The van der Waals surface area contributed by atoms with Crippen molar-refractivity contribution in [3.63, 3.8) is 0 Å². The predicted octanol–water partition coefficient (Wildman–Crippen LogP) is 2.32. The van der Waals surface area contributed by atoms with E-state index in [1.807, 2.05) is 6.92 Å². The van der Waals surface area contributed by atoms with Crippen LogP contribution in [0, 0.1) is 0 Å². The lowest BCUT2D eigenvalue weighted by Gasteiger charge is -2.07. The van der Waals surface area contributed by atoms with Gasteiger partial charge in [-0.25, -0.2) is 9.97 Å². The number of nitrogens with one attached hydrogen (secondary N) is 1. The zero-order chi connectivity index (χ0) is 10.6. The van der Waals surface area contributed by atoms with E-state index in [1.165, 1.54) is 0 Å². The number of aromatic nitrogens is 2. The van der Waals surface area contributed by atoms with E-state index < -0.39 is 11.9 Å². The molecule has 0 aliphatic rings. The molecule has 0 fully saturated rings. The van der Waals surface area contributed by atoms with Gasteiger partial charge in [0.05, 0.1) is 0 Å². The molecule has 0 atom stereocenters. The first-order valence-corrected chi connectivity index (χ1v) is 4.17.